The highest BCUT2D eigenvalue weighted by Crippen LogP contribution is 2.32. The number of aryl methyl sites for hydroxylation is 2. The number of carbonyl (C=O) groups is 2. The van der Waals surface area contributed by atoms with Crippen molar-refractivity contribution in [3.05, 3.63) is 82.9 Å². The van der Waals surface area contributed by atoms with Gasteiger partial charge in [-0.25, -0.2) is 9.59 Å². The molecule has 0 saturated carbocycles. The first-order valence-electron chi connectivity index (χ1n) is 8.93. The Hall–Kier alpha value is -3.40. The van der Waals surface area contributed by atoms with Gasteiger partial charge in [-0.05, 0) is 71.5 Å². The average Bonchev–Trinajstić information content (AvgIpc) is 2.74. The largest absolute Gasteiger partial charge is 0.465 e. The molecule has 0 radical (unpaired) electrons. The van der Waals surface area contributed by atoms with E-state index in [4.69, 9.17) is 9.47 Å². The fourth-order valence-electron chi connectivity index (χ4n) is 3.25. The molecule has 0 heterocycles. The van der Waals surface area contributed by atoms with Gasteiger partial charge in [-0.2, -0.15) is 0 Å². The van der Waals surface area contributed by atoms with Gasteiger partial charge in [-0.3, -0.25) is 0 Å². The van der Waals surface area contributed by atoms with E-state index in [1.54, 1.807) is 24.3 Å². The zero-order chi connectivity index (χ0) is 20.3. The molecule has 3 aromatic carbocycles. The third-order valence-corrected chi connectivity index (χ3v) is 4.81. The fourth-order valence-corrected chi connectivity index (χ4v) is 3.25. The van der Waals surface area contributed by atoms with Crippen molar-refractivity contribution in [3.8, 4) is 22.3 Å². The minimum atomic E-state index is -0.342. The van der Waals surface area contributed by atoms with Crippen molar-refractivity contribution in [1.29, 1.82) is 0 Å². The van der Waals surface area contributed by atoms with Gasteiger partial charge in [-0.1, -0.05) is 36.4 Å². The maximum atomic E-state index is 11.6. The van der Waals surface area contributed by atoms with Crippen LogP contribution in [0.3, 0.4) is 0 Å². The molecule has 0 aliphatic heterocycles. The highest BCUT2D eigenvalue weighted by molar-refractivity contribution is 5.91. The molecule has 0 N–H and O–H groups in total. The van der Waals surface area contributed by atoms with Crippen LogP contribution in [0.4, 0.5) is 0 Å². The summed E-state index contributed by atoms with van der Waals surface area (Å²) in [5.74, 6) is -0.685. The summed E-state index contributed by atoms with van der Waals surface area (Å²) in [5.41, 5.74) is 7.63. The molecule has 4 nitrogen and oxygen atoms in total. The molecule has 0 bridgehead atoms. The van der Waals surface area contributed by atoms with Gasteiger partial charge < -0.3 is 9.47 Å². The van der Waals surface area contributed by atoms with Crippen LogP contribution in [0.25, 0.3) is 22.3 Å². The Kier molecular flexibility index (Phi) is 5.59. The first-order valence-corrected chi connectivity index (χ1v) is 8.93. The summed E-state index contributed by atoms with van der Waals surface area (Å²) in [4.78, 5) is 23.2. The predicted octanol–water partition coefficient (Wildman–Crippen LogP) is 5.21. The van der Waals surface area contributed by atoms with Gasteiger partial charge in [-0.15, -0.1) is 0 Å². The molecule has 3 aromatic rings. The molecule has 4 heteroatoms. The molecule has 0 atom stereocenters. The van der Waals surface area contributed by atoms with Gasteiger partial charge in [0.15, 0.2) is 0 Å². The van der Waals surface area contributed by atoms with E-state index in [2.05, 4.69) is 26.0 Å². The number of benzene rings is 3. The standard InChI is InChI=1S/C24H22O4/c1-15-13-22(18-7-11-20(12-8-18)24(26)28-4)16(2)14-21(15)17-5-9-19(10-6-17)23(25)27-3/h5-14H,1-4H3. The van der Waals surface area contributed by atoms with E-state index in [1.165, 1.54) is 14.2 Å². The molecule has 3 rings (SSSR count). The van der Waals surface area contributed by atoms with Gasteiger partial charge in [0, 0.05) is 0 Å². The Balaban J connectivity index is 1.95. The van der Waals surface area contributed by atoms with Gasteiger partial charge in [0.2, 0.25) is 0 Å². The number of hydrogen-bond acceptors (Lipinski definition) is 4. The van der Waals surface area contributed by atoms with Crippen LogP contribution >= 0.6 is 0 Å². The fraction of sp³-hybridized carbons (Fsp3) is 0.167. The van der Waals surface area contributed by atoms with E-state index in [9.17, 15) is 9.59 Å². The normalized spacial score (nSPS) is 10.4. The number of rotatable bonds is 4. The SMILES string of the molecule is COC(=O)c1ccc(-c2cc(C)c(-c3ccc(C(=O)OC)cc3)cc2C)cc1. The van der Waals surface area contributed by atoms with E-state index in [-0.39, 0.29) is 11.9 Å². The number of esters is 2. The Labute approximate surface area is 164 Å². The molecule has 0 saturated heterocycles. The maximum absolute atomic E-state index is 11.6. The molecule has 0 aliphatic rings. The lowest BCUT2D eigenvalue weighted by molar-refractivity contribution is 0.0592. The highest BCUT2D eigenvalue weighted by Gasteiger charge is 2.11. The molecule has 0 fully saturated rings. The van der Waals surface area contributed by atoms with Gasteiger partial charge in [0.1, 0.15) is 0 Å². The van der Waals surface area contributed by atoms with E-state index in [1.807, 2.05) is 24.3 Å². The number of hydrogen-bond donors (Lipinski definition) is 0. The number of ether oxygens (including phenoxy) is 2. The van der Waals surface area contributed by atoms with E-state index >= 15 is 0 Å². The summed E-state index contributed by atoms with van der Waals surface area (Å²) in [5, 5.41) is 0. The third-order valence-electron chi connectivity index (χ3n) is 4.81. The summed E-state index contributed by atoms with van der Waals surface area (Å²) in [7, 11) is 2.75. The Morgan fingerprint density at radius 1 is 0.607 bits per heavy atom. The zero-order valence-corrected chi connectivity index (χ0v) is 16.4. The second kappa shape index (κ2) is 8.09. The molecule has 28 heavy (non-hydrogen) atoms. The smallest absolute Gasteiger partial charge is 0.337 e. The second-order valence-corrected chi connectivity index (χ2v) is 6.62. The quantitative estimate of drug-likeness (QED) is 0.588. The third kappa shape index (κ3) is 3.81. The van der Waals surface area contributed by atoms with Crippen LogP contribution in [-0.4, -0.2) is 26.2 Å². The lowest BCUT2D eigenvalue weighted by atomic mass is 9.91. The Morgan fingerprint density at radius 2 is 0.929 bits per heavy atom. The molecule has 0 unspecified atom stereocenters. The summed E-state index contributed by atoms with van der Waals surface area (Å²) in [6.45, 7) is 4.13. The predicted molar refractivity (Wildman–Crippen MR) is 109 cm³/mol. The Bertz CT molecular complexity index is 930. The van der Waals surface area contributed by atoms with Crippen LogP contribution in [0.2, 0.25) is 0 Å². The molecular formula is C24H22O4. The van der Waals surface area contributed by atoms with Gasteiger partial charge >= 0.3 is 11.9 Å². The van der Waals surface area contributed by atoms with Gasteiger partial charge in [0.05, 0.1) is 25.3 Å². The van der Waals surface area contributed by atoms with Crippen LogP contribution in [0.15, 0.2) is 60.7 Å². The molecule has 0 amide bonds. The van der Waals surface area contributed by atoms with E-state index < -0.39 is 0 Å². The van der Waals surface area contributed by atoms with E-state index in [0.29, 0.717) is 11.1 Å². The summed E-state index contributed by atoms with van der Waals surface area (Å²) >= 11 is 0. The molecule has 0 spiro atoms. The molecule has 142 valence electrons. The van der Waals surface area contributed by atoms with Crippen molar-refractivity contribution in [1.82, 2.24) is 0 Å². The minimum absolute atomic E-state index is 0.342. The average molecular weight is 374 g/mol. The maximum Gasteiger partial charge on any atom is 0.337 e. The molecular weight excluding hydrogens is 352 g/mol. The van der Waals surface area contributed by atoms with Crippen molar-refractivity contribution >= 4 is 11.9 Å². The minimum Gasteiger partial charge on any atom is -0.465 e. The molecule has 0 aromatic heterocycles. The summed E-state index contributed by atoms with van der Waals surface area (Å²) in [6, 6.07) is 19.1. The summed E-state index contributed by atoms with van der Waals surface area (Å²) in [6.07, 6.45) is 0. The van der Waals surface area contributed by atoms with Crippen molar-refractivity contribution < 1.29 is 19.1 Å². The first kappa shape index (κ1) is 19.4. The van der Waals surface area contributed by atoms with Crippen molar-refractivity contribution in [2.45, 2.75) is 13.8 Å². The number of methoxy groups -OCH3 is 2. The topological polar surface area (TPSA) is 52.6 Å². The number of carbonyl (C=O) groups excluding carboxylic acids is 2. The van der Waals surface area contributed by atoms with Crippen LogP contribution in [0.5, 0.6) is 0 Å². The lowest BCUT2D eigenvalue weighted by Gasteiger charge is -2.13. The summed E-state index contributed by atoms with van der Waals surface area (Å²) < 4.78 is 9.50. The van der Waals surface area contributed by atoms with Crippen LogP contribution in [0, 0.1) is 13.8 Å². The monoisotopic (exact) mass is 374 g/mol. The second-order valence-electron chi connectivity index (χ2n) is 6.62. The zero-order valence-electron chi connectivity index (χ0n) is 16.4. The van der Waals surface area contributed by atoms with E-state index in [0.717, 1.165) is 33.4 Å². The molecule has 0 aliphatic carbocycles. The van der Waals surface area contributed by atoms with Crippen molar-refractivity contribution in [2.24, 2.45) is 0 Å². The van der Waals surface area contributed by atoms with Gasteiger partial charge in [0.25, 0.3) is 0 Å². The van der Waals surface area contributed by atoms with Crippen LogP contribution < -0.4 is 0 Å². The lowest BCUT2D eigenvalue weighted by Crippen LogP contribution is -2.01. The van der Waals surface area contributed by atoms with Crippen molar-refractivity contribution in [3.63, 3.8) is 0 Å². The first-order chi connectivity index (χ1) is 13.4. The highest BCUT2D eigenvalue weighted by atomic mass is 16.5. The van der Waals surface area contributed by atoms with Crippen molar-refractivity contribution in [2.75, 3.05) is 14.2 Å². The Morgan fingerprint density at radius 3 is 1.21 bits per heavy atom. The van der Waals surface area contributed by atoms with Crippen LogP contribution in [0.1, 0.15) is 31.8 Å². The van der Waals surface area contributed by atoms with Crippen LogP contribution in [-0.2, 0) is 9.47 Å².